The smallest absolute Gasteiger partial charge is 0.422 e. The first-order chi connectivity index (χ1) is 16.2. The summed E-state index contributed by atoms with van der Waals surface area (Å²) in [6.07, 6.45) is -3.98. The van der Waals surface area contributed by atoms with Crippen LogP contribution in [0.25, 0.3) is 0 Å². The molecule has 0 aliphatic carbocycles. The molecule has 0 unspecified atom stereocenters. The van der Waals surface area contributed by atoms with E-state index in [-0.39, 0.29) is 35.7 Å². The third-order valence-corrected chi connectivity index (χ3v) is 4.10. The molecule has 2 heterocycles. The number of H-pyrrole nitrogens is 1. The van der Waals surface area contributed by atoms with Gasteiger partial charge in [-0.2, -0.15) is 33.2 Å². The normalized spacial score (nSPS) is 11.2. The summed E-state index contributed by atoms with van der Waals surface area (Å²) in [5.41, 5.74) is 6.28. The number of hydrogen-bond donors (Lipinski definition) is 6. The van der Waals surface area contributed by atoms with Crippen molar-refractivity contribution in [1.82, 2.24) is 30.5 Å². The number of nitrogens with two attached hydrogens (primary N) is 1. The molecule has 182 valence electrons. The largest absolute Gasteiger partial charge is 0.508 e. The van der Waals surface area contributed by atoms with Crippen molar-refractivity contribution in [2.24, 2.45) is 5.73 Å². The maximum atomic E-state index is 12.6. The Kier molecular flexibility index (Phi) is 8.02. The van der Waals surface area contributed by atoms with Gasteiger partial charge in [0.15, 0.2) is 12.4 Å². The Labute approximate surface area is 191 Å². The van der Waals surface area contributed by atoms with Gasteiger partial charge in [0.1, 0.15) is 11.4 Å². The Hall–Kier alpha value is -4.14. The molecule has 0 fully saturated rings. The summed E-state index contributed by atoms with van der Waals surface area (Å²) in [6, 6.07) is 7.06. The number of ether oxygens (including phenoxy) is 1. The predicted octanol–water partition coefficient (Wildman–Crippen LogP) is 1.68. The lowest BCUT2D eigenvalue weighted by atomic mass is 10.2. The number of alkyl halides is 3. The molecule has 7 N–H and O–H groups in total. The average molecular weight is 481 g/mol. The summed E-state index contributed by atoms with van der Waals surface area (Å²) in [5.74, 6) is -0.416. The molecule has 0 radical (unpaired) electrons. The van der Waals surface area contributed by atoms with Gasteiger partial charge in [0.05, 0.1) is 0 Å². The molecule has 0 saturated carbocycles. The highest BCUT2D eigenvalue weighted by molar-refractivity contribution is 5.93. The number of carbonyl (C=O) groups is 1. The molecule has 1 aromatic carbocycles. The van der Waals surface area contributed by atoms with Crippen LogP contribution in [0.4, 0.5) is 30.9 Å². The number of aromatic amines is 1. The number of halogens is 3. The third kappa shape index (κ3) is 7.77. The molecule has 12 nitrogen and oxygen atoms in total. The minimum atomic E-state index is -4.59. The Bertz CT molecular complexity index is 1090. The lowest BCUT2D eigenvalue weighted by Crippen LogP contribution is -2.26. The molecule has 0 saturated heterocycles. The lowest BCUT2D eigenvalue weighted by Gasteiger charge is -2.11. The highest BCUT2D eigenvalue weighted by atomic mass is 19.4. The van der Waals surface area contributed by atoms with Gasteiger partial charge in [0.25, 0.3) is 5.91 Å². The number of phenolic OH excluding ortho intramolecular Hbond substituents is 1. The molecular weight excluding hydrogens is 459 g/mol. The van der Waals surface area contributed by atoms with Gasteiger partial charge in [-0.1, -0.05) is 12.1 Å². The fraction of sp³-hybridized carbons (Fsp3) is 0.316. The number of phenols is 1. The highest BCUT2D eigenvalue weighted by Gasteiger charge is 2.29. The Balaban J connectivity index is 1.73. The molecule has 0 bridgehead atoms. The topological polar surface area (TPSA) is 176 Å². The first-order valence-corrected chi connectivity index (χ1v) is 10.00. The van der Waals surface area contributed by atoms with Crippen molar-refractivity contribution in [2.75, 3.05) is 30.3 Å². The van der Waals surface area contributed by atoms with E-state index in [1.54, 1.807) is 12.1 Å². The second-order valence-electron chi connectivity index (χ2n) is 6.88. The number of carbonyl (C=O) groups excluding carboxylic acids is 1. The number of benzene rings is 1. The van der Waals surface area contributed by atoms with Crippen molar-refractivity contribution < 1.29 is 27.8 Å². The van der Waals surface area contributed by atoms with E-state index in [1.165, 1.54) is 18.2 Å². The van der Waals surface area contributed by atoms with Gasteiger partial charge in [-0.15, -0.1) is 0 Å². The summed E-state index contributed by atoms with van der Waals surface area (Å²) < 4.78 is 42.4. The van der Waals surface area contributed by atoms with Crippen molar-refractivity contribution >= 4 is 23.6 Å². The molecule has 34 heavy (non-hydrogen) atoms. The van der Waals surface area contributed by atoms with Crippen molar-refractivity contribution in [3.63, 3.8) is 0 Å². The summed E-state index contributed by atoms with van der Waals surface area (Å²) in [6.45, 7) is -0.570. The van der Waals surface area contributed by atoms with Crippen LogP contribution in [0.5, 0.6) is 11.8 Å². The van der Waals surface area contributed by atoms with Crippen LogP contribution in [-0.4, -0.2) is 62.0 Å². The van der Waals surface area contributed by atoms with Crippen LogP contribution in [0.1, 0.15) is 22.5 Å². The predicted molar refractivity (Wildman–Crippen MR) is 115 cm³/mol. The van der Waals surface area contributed by atoms with Crippen LogP contribution in [0, 0.1) is 0 Å². The molecule has 1 amide bonds. The first kappa shape index (κ1) is 24.5. The van der Waals surface area contributed by atoms with E-state index in [0.29, 0.717) is 19.5 Å². The van der Waals surface area contributed by atoms with Gasteiger partial charge in [-0.25, -0.2) is 0 Å². The summed E-state index contributed by atoms with van der Waals surface area (Å²) in [7, 11) is 0. The maximum Gasteiger partial charge on any atom is 0.422 e. The number of aromatic hydroxyl groups is 1. The van der Waals surface area contributed by atoms with Gasteiger partial charge in [0.2, 0.25) is 11.9 Å². The number of anilines is 3. The molecule has 0 spiro atoms. The van der Waals surface area contributed by atoms with Crippen molar-refractivity contribution in [1.29, 1.82) is 0 Å². The SMILES string of the molecule is NCCCNC(=O)c1cc(Nc2nc(NCc3ccc(O)cc3)nc(OCC(F)(F)F)n2)n[nH]1. The Morgan fingerprint density at radius 3 is 2.59 bits per heavy atom. The molecule has 2 aromatic heterocycles. The second-order valence-corrected chi connectivity index (χ2v) is 6.88. The summed E-state index contributed by atoms with van der Waals surface area (Å²) in [4.78, 5) is 23.8. The molecule has 3 rings (SSSR count). The van der Waals surface area contributed by atoms with Gasteiger partial charge < -0.3 is 31.5 Å². The number of nitrogens with one attached hydrogen (secondary N) is 4. The standard InChI is InChI=1S/C19H22F3N9O3/c20-19(21,22)10-34-18-28-16(25-9-11-2-4-12(32)5-3-11)27-17(29-18)26-14-8-13(30-31-14)15(33)24-7-1-6-23/h2-5,8,32H,1,6-7,9-10,23H2,(H,24,33)(H3,25,26,27,28,29,30,31). The van der Waals surface area contributed by atoms with Crippen LogP contribution in [0.2, 0.25) is 0 Å². The van der Waals surface area contributed by atoms with E-state index in [4.69, 9.17) is 5.73 Å². The molecular formula is C19H22F3N9O3. The zero-order chi connectivity index (χ0) is 24.6. The maximum absolute atomic E-state index is 12.6. The van der Waals surface area contributed by atoms with E-state index >= 15 is 0 Å². The summed E-state index contributed by atoms with van der Waals surface area (Å²) >= 11 is 0. The number of amides is 1. The lowest BCUT2D eigenvalue weighted by molar-refractivity contribution is -0.154. The van der Waals surface area contributed by atoms with Gasteiger partial charge in [0, 0.05) is 19.2 Å². The molecule has 0 aliphatic heterocycles. The van der Waals surface area contributed by atoms with Gasteiger partial charge >= 0.3 is 12.2 Å². The summed E-state index contributed by atoms with van der Waals surface area (Å²) in [5, 5.41) is 24.0. The number of aromatic nitrogens is 5. The Morgan fingerprint density at radius 1 is 1.15 bits per heavy atom. The fourth-order valence-electron chi connectivity index (χ4n) is 2.51. The fourth-order valence-corrected chi connectivity index (χ4v) is 2.51. The first-order valence-electron chi connectivity index (χ1n) is 10.00. The van der Waals surface area contributed by atoms with E-state index in [1.807, 2.05) is 0 Å². The monoisotopic (exact) mass is 481 g/mol. The van der Waals surface area contributed by atoms with Crippen molar-refractivity contribution in [2.45, 2.75) is 19.1 Å². The van der Waals surface area contributed by atoms with E-state index in [2.05, 4.69) is 45.8 Å². The number of hydrogen-bond acceptors (Lipinski definition) is 10. The van der Waals surface area contributed by atoms with E-state index < -0.39 is 24.7 Å². The zero-order valence-corrected chi connectivity index (χ0v) is 17.7. The van der Waals surface area contributed by atoms with Crippen molar-refractivity contribution in [3.8, 4) is 11.8 Å². The van der Waals surface area contributed by atoms with E-state index in [9.17, 15) is 23.1 Å². The van der Waals surface area contributed by atoms with Crippen LogP contribution < -0.4 is 26.4 Å². The van der Waals surface area contributed by atoms with Crippen LogP contribution >= 0.6 is 0 Å². The van der Waals surface area contributed by atoms with Crippen LogP contribution in [0.15, 0.2) is 30.3 Å². The van der Waals surface area contributed by atoms with Gasteiger partial charge in [-0.3, -0.25) is 9.89 Å². The molecule has 15 heteroatoms. The quantitative estimate of drug-likeness (QED) is 0.221. The average Bonchev–Trinajstić information content (AvgIpc) is 3.25. The Morgan fingerprint density at radius 2 is 1.88 bits per heavy atom. The molecule has 3 aromatic rings. The number of nitrogens with zero attached hydrogens (tertiary/aromatic N) is 4. The van der Waals surface area contributed by atoms with Crippen LogP contribution in [0.3, 0.4) is 0 Å². The molecule has 0 aliphatic rings. The molecule has 0 atom stereocenters. The highest BCUT2D eigenvalue weighted by Crippen LogP contribution is 2.20. The van der Waals surface area contributed by atoms with Gasteiger partial charge in [-0.05, 0) is 30.7 Å². The van der Waals surface area contributed by atoms with E-state index in [0.717, 1.165) is 5.56 Å². The minimum Gasteiger partial charge on any atom is -0.508 e. The zero-order valence-electron chi connectivity index (χ0n) is 17.7. The second kappa shape index (κ2) is 11.1. The van der Waals surface area contributed by atoms with Crippen molar-refractivity contribution in [3.05, 3.63) is 41.6 Å². The minimum absolute atomic E-state index is 0.0713. The van der Waals surface area contributed by atoms with Crippen LogP contribution in [-0.2, 0) is 6.54 Å². The third-order valence-electron chi connectivity index (χ3n) is 4.10. The number of rotatable bonds is 11.